The van der Waals surface area contributed by atoms with Gasteiger partial charge in [-0.05, 0) is 30.5 Å². The van der Waals surface area contributed by atoms with E-state index in [0.717, 1.165) is 45.9 Å². The second-order valence-corrected chi connectivity index (χ2v) is 6.56. The van der Waals surface area contributed by atoms with Gasteiger partial charge in [-0.15, -0.1) is 0 Å². The zero-order valence-corrected chi connectivity index (χ0v) is 14.2. The normalized spacial score (nSPS) is 20.8. The molecule has 0 atom stereocenters. The van der Waals surface area contributed by atoms with E-state index >= 15 is 0 Å². The molecule has 0 aliphatic carbocycles. The number of rotatable bonds is 6. The molecule has 0 spiro atoms. The van der Waals surface area contributed by atoms with Crippen LogP contribution in [0.25, 0.3) is 0 Å². The fourth-order valence-corrected chi connectivity index (χ4v) is 3.48. The number of nitrogens with zero attached hydrogens (tertiary/aromatic N) is 2. The molecule has 1 aromatic carbocycles. The number of nitrogens with two attached hydrogens (primary N) is 1. The highest BCUT2D eigenvalue weighted by Gasteiger charge is 2.25. The van der Waals surface area contributed by atoms with Crippen molar-refractivity contribution in [3.05, 3.63) is 29.8 Å². The van der Waals surface area contributed by atoms with E-state index in [-0.39, 0.29) is 6.61 Å². The van der Waals surface area contributed by atoms with Crippen molar-refractivity contribution in [1.82, 2.24) is 9.80 Å². The highest BCUT2D eigenvalue weighted by atomic mass is 16.5. The summed E-state index contributed by atoms with van der Waals surface area (Å²) >= 11 is 0. The lowest BCUT2D eigenvalue weighted by molar-refractivity contribution is -0.119. The summed E-state index contributed by atoms with van der Waals surface area (Å²) in [5, 5.41) is 0. The number of hydrogen-bond acceptors (Lipinski definition) is 5. The maximum Gasteiger partial charge on any atom is 0.255 e. The second kappa shape index (κ2) is 8.46. The number of primary amides is 1. The number of ether oxygens (including phenoxy) is 2. The predicted octanol–water partition coefficient (Wildman–Crippen LogP) is 0.847. The van der Waals surface area contributed by atoms with Crippen LogP contribution in [0.15, 0.2) is 24.3 Å². The van der Waals surface area contributed by atoms with E-state index in [1.54, 1.807) is 0 Å². The maximum absolute atomic E-state index is 10.8. The van der Waals surface area contributed by atoms with Crippen molar-refractivity contribution >= 4 is 5.91 Å². The molecule has 6 nitrogen and oxygen atoms in total. The Morgan fingerprint density at radius 2 is 1.96 bits per heavy atom. The van der Waals surface area contributed by atoms with Gasteiger partial charge in [0, 0.05) is 52.0 Å². The molecule has 2 fully saturated rings. The zero-order chi connectivity index (χ0) is 16.8. The summed E-state index contributed by atoms with van der Waals surface area (Å²) in [6.45, 7) is 7.08. The van der Waals surface area contributed by atoms with Crippen molar-refractivity contribution in [3.8, 4) is 5.75 Å². The Kier molecular flexibility index (Phi) is 6.07. The van der Waals surface area contributed by atoms with Crippen molar-refractivity contribution in [3.63, 3.8) is 0 Å². The van der Waals surface area contributed by atoms with Crippen molar-refractivity contribution in [2.75, 3.05) is 46.0 Å². The smallest absolute Gasteiger partial charge is 0.255 e. The van der Waals surface area contributed by atoms with Gasteiger partial charge in [0.1, 0.15) is 5.75 Å². The van der Waals surface area contributed by atoms with Crippen LogP contribution >= 0.6 is 0 Å². The van der Waals surface area contributed by atoms with Gasteiger partial charge in [0.05, 0.1) is 0 Å². The molecule has 2 N–H and O–H groups in total. The highest BCUT2D eigenvalue weighted by molar-refractivity contribution is 5.75. The molecule has 1 aromatic rings. The zero-order valence-electron chi connectivity index (χ0n) is 14.2. The molecule has 6 heteroatoms. The Labute approximate surface area is 143 Å². The average Bonchev–Trinajstić information content (AvgIpc) is 2.62. The third-order valence-corrected chi connectivity index (χ3v) is 4.80. The van der Waals surface area contributed by atoms with Crippen LogP contribution in [0.5, 0.6) is 5.75 Å². The van der Waals surface area contributed by atoms with Crippen molar-refractivity contribution < 1.29 is 14.3 Å². The predicted molar refractivity (Wildman–Crippen MR) is 91.8 cm³/mol. The third-order valence-electron chi connectivity index (χ3n) is 4.80. The number of benzene rings is 1. The van der Waals surface area contributed by atoms with Crippen LogP contribution in [0.2, 0.25) is 0 Å². The lowest BCUT2D eigenvalue weighted by Crippen LogP contribution is -2.51. The Morgan fingerprint density at radius 3 is 2.67 bits per heavy atom. The van der Waals surface area contributed by atoms with E-state index in [2.05, 4.69) is 15.9 Å². The number of carbonyl (C=O) groups excluding carboxylic acids is 1. The van der Waals surface area contributed by atoms with Gasteiger partial charge in [-0.2, -0.15) is 0 Å². The van der Waals surface area contributed by atoms with Crippen molar-refractivity contribution in [1.29, 1.82) is 0 Å². The molecule has 2 aliphatic rings. The number of carbonyl (C=O) groups is 1. The molecular weight excluding hydrogens is 306 g/mol. The first-order valence-electron chi connectivity index (χ1n) is 8.75. The van der Waals surface area contributed by atoms with Crippen molar-refractivity contribution in [2.45, 2.75) is 25.4 Å². The van der Waals surface area contributed by atoms with Gasteiger partial charge in [0.25, 0.3) is 5.91 Å². The van der Waals surface area contributed by atoms with Crippen LogP contribution in [0.3, 0.4) is 0 Å². The Bertz CT molecular complexity index is 538. The molecule has 3 rings (SSSR count). The fourth-order valence-electron chi connectivity index (χ4n) is 3.48. The third kappa shape index (κ3) is 4.93. The SMILES string of the molecule is NC(=O)COc1cccc(CN2CCN(C3CCOCC3)CC2)c1. The molecule has 24 heavy (non-hydrogen) atoms. The van der Waals surface area contributed by atoms with Gasteiger partial charge in [-0.3, -0.25) is 14.6 Å². The van der Waals surface area contributed by atoms with Crippen LogP contribution in [-0.2, 0) is 16.1 Å². The lowest BCUT2D eigenvalue weighted by atomic mass is 10.1. The first kappa shape index (κ1) is 17.2. The van der Waals surface area contributed by atoms with E-state index < -0.39 is 5.91 Å². The van der Waals surface area contributed by atoms with Gasteiger partial charge < -0.3 is 15.2 Å². The van der Waals surface area contributed by atoms with Crippen LogP contribution in [0.1, 0.15) is 18.4 Å². The Morgan fingerprint density at radius 1 is 1.21 bits per heavy atom. The minimum absolute atomic E-state index is 0.0762. The standard InChI is InChI=1S/C18H27N3O3/c19-18(22)14-24-17-3-1-2-15(12-17)13-20-6-8-21(9-7-20)16-4-10-23-11-5-16/h1-3,12,16H,4-11,13-14H2,(H2,19,22). The van der Waals surface area contributed by atoms with Gasteiger partial charge in [0.2, 0.25) is 0 Å². The molecule has 2 aliphatic heterocycles. The van der Waals surface area contributed by atoms with E-state index in [9.17, 15) is 4.79 Å². The molecule has 132 valence electrons. The van der Waals surface area contributed by atoms with E-state index in [1.165, 1.54) is 18.4 Å². The first-order chi connectivity index (χ1) is 11.7. The molecular formula is C18H27N3O3. The molecule has 1 amide bonds. The summed E-state index contributed by atoms with van der Waals surface area (Å²) in [6.07, 6.45) is 2.33. The summed E-state index contributed by atoms with van der Waals surface area (Å²) in [4.78, 5) is 15.9. The number of piperazine rings is 1. The van der Waals surface area contributed by atoms with Crippen LogP contribution in [0, 0.1) is 0 Å². The van der Waals surface area contributed by atoms with Crippen LogP contribution in [0.4, 0.5) is 0 Å². The fraction of sp³-hybridized carbons (Fsp3) is 0.611. The first-order valence-corrected chi connectivity index (χ1v) is 8.75. The number of amides is 1. The van der Waals surface area contributed by atoms with Crippen LogP contribution < -0.4 is 10.5 Å². The monoisotopic (exact) mass is 333 g/mol. The Balaban J connectivity index is 1.47. The molecule has 0 aromatic heterocycles. The van der Waals surface area contributed by atoms with Crippen molar-refractivity contribution in [2.24, 2.45) is 5.73 Å². The van der Waals surface area contributed by atoms with Crippen LogP contribution in [-0.4, -0.2) is 67.7 Å². The number of hydrogen-bond donors (Lipinski definition) is 1. The summed E-state index contributed by atoms with van der Waals surface area (Å²) in [5.74, 6) is 0.247. The average molecular weight is 333 g/mol. The summed E-state index contributed by atoms with van der Waals surface area (Å²) < 4.78 is 10.8. The topological polar surface area (TPSA) is 68.0 Å². The molecule has 0 bridgehead atoms. The van der Waals surface area contributed by atoms with E-state index in [0.29, 0.717) is 11.8 Å². The minimum Gasteiger partial charge on any atom is -0.484 e. The molecule has 0 saturated carbocycles. The largest absolute Gasteiger partial charge is 0.484 e. The summed E-state index contributed by atoms with van der Waals surface area (Å²) in [6, 6.07) is 8.61. The van der Waals surface area contributed by atoms with E-state index in [1.807, 2.05) is 18.2 Å². The maximum atomic E-state index is 10.8. The second-order valence-electron chi connectivity index (χ2n) is 6.56. The Hall–Kier alpha value is -1.63. The molecule has 2 heterocycles. The quantitative estimate of drug-likeness (QED) is 0.836. The molecule has 0 unspecified atom stereocenters. The lowest BCUT2D eigenvalue weighted by Gasteiger charge is -2.40. The van der Waals surface area contributed by atoms with Gasteiger partial charge in [0.15, 0.2) is 6.61 Å². The van der Waals surface area contributed by atoms with Gasteiger partial charge >= 0.3 is 0 Å². The summed E-state index contributed by atoms with van der Waals surface area (Å²) in [5.41, 5.74) is 6.32. The molecule has 2 saturated heterocycles. The molecule has 0 radical (unpaired) electrons. The highest BCUT2D eigenvalue weighted by Crippen LogP contribution is 2.19. The van der Waals surface area contributed by atoms with Gasteiger partial charge in [-0.25, -0.2) is 0 Å². The minimum atomic E-state index is -0.454. The van der Waals surface area contributed by atoms with E-state index in [4.69, 9.17) is 15.2 Å². The summed E-state index contributed by atoms with van der Waals surface area (Å²) in [7, 11) is 0. The van der Waals surface area contributed by atoms with Gasteiger partial charge in [-0.1, -0.05) is 12.1 Å².